The smallest absolute Gasteiger partial charge is 0.265 e. The fourth-order valence-electron chi connectivity index (χ4n) is 1.88. The molecule has 0 bridgehead atoms. The highest BCUT2D eigenvalue weighted by Crippen LogP contribution is 2.28. The molecule has 0 spiro atoms. The van der Waals surface area contributed by atoms with E-state index >= 15 is 0 Å². The molecular formula is C15H12BrN3OS. The first-order chi connectivity index (χ1) is 10.1. The lowest BCUT2D eigenvalue weighted by Crippen LogP contribution is -2.10. The summed E-state index contributed by atoms with van der Waals surface area (Å²) in [5, 5.41) is 7.06. The van der Waals surface area contributed by atoms with E-state index < -0.39 is 0 Å². The Labute approximate surface area is 134 Å². The molecule has 2 aromatic heterocycles. The fourth-order valence-corrected chi connectivity index (χ4v) is 3.31. The van der Waals surface area contributed by atoms with Crippen molar-refractivity contribution in [2.24, 2.45) is 0 Å². The average Bonchev–Trinajstić information content (AvgIpc) is 3.11. The first-order valence-corrected chi connectivity index (χ1v) is 7.92. The number of anilines is 1. The zero-order valence-corrected chi connectivity index (χ0v) is 13.6. The second-order valence-corrected chi connectivity index (χ2v) is 6.89. The van der Waals surface area contributed by atoms with Gasteiger partial charge in [-0.15, -0.1) is 11.3 Å². The minimum atomic E-state index is -0.0966. The van der Waals surface area contributed by atoms with Gasteiger partial charge in [-0.1, -0.05) is 0 Å². The Morgan fingerprint density at radius 1 is 1.33 bits per heavy atom. The Morgan fingerprint density at radius 2 is 2.10 bits per heavy atom. The third kappa shape index (κ3) is 3.06. The number of amides is 1. The summed E-state index contributed by atoms with van der Waals surface area (Å²) in [6.45, 7) is 1.97. The summed E-state index contributed by atoms with van der Waals surface area (Å²) < 4.78 is 2.76. The largest absolute Gasteiger partial charge is 0.321 e. The molecule has 0 aliphatic heterocycles. The van der Waals surface area contributed by atoms with Crippen molar-refractivity contribution in [1.29, 1.82) is 0 Å². The molecule has 3 rings (SSSR count). The predicted octanol–water partition coefficient (Wildman–Crippen LogP) is 4.26. The summed E-state index contributed by atoms with van der Waals surface area (Å²) in [6.07, 6.45) is 3.60. The maximum atomic E-state index is 12.2. The highest BCUT2D eigenvalue weighted by atomic mass is 79.9. The number of rotatable bonds is 3. The monoisotopic (exact) mass is 361 g/mol. The van der Waals surface area contributed by atoms with Crippen molar-refractivity contribution in [3.8, 4) is 5.69 Å². The van der Waals surface area contributed by atoms with E-state index in [1.165, 1.54) is 11.3 Å². The van der Waals surface area contributed by atoms with E-state index in [2.05, 4.69) is 26.3 Å². The molecule has 1 amide bonds. The third-order valence-electron chi connectivity index (χ3n) is 2.98. The summed E-state index contributed by atoms with van der Waals surface area (Å²) in [4.78, 5) is 12.8. The van der Waals surface area contributed by atoms with Gasteiger partial charge in [0.1, 0.15) is 0 Å². The van der Waals surface area contributed by atoms with Crippen LogP contribution in [0, 0.1) is 6.92 Å². The minimum absolute atomic E-state index is 0.0966. The van der Waals surface area contributed by atoms with Crippen LogP contribution in [0.4, 0.5) is 5.69 Å². The predicted molar refractivity (Wildman–Crippen MR) is 88.3 cm³/mol. The fraction of sp³-hybridized carbons (Fsp3) is 0.0667. The maximum absolute atomic E-state index is 12.2. The Hall–Kier alpha value is -1.92. The number of aryl methyl sites for hydroxylation is 1. The first kappa shape index (κ1) is 14.0. The normalized spacial score (nSPS) is 10.6. The van der Waals surface area contributed by atoms with Crippen molar-refractivity contribution in [2.45, 2.75) is 6.92 Å². The van der Waals surface area contributed by atoms with Crippen LogP contribution in [0.5, 0.6) is 0 Å². The van der Waals surface area contributed by atoms with E-state index in [1.54, 1.807) is 10.9 Å². The molecule has 0 radical (unpaired) electrons. The van der Waals surface area contributed by atoms with Gasteiger partial charge in [0, 0.05) is 18.1 Å². The van der Waals surface area contributed by atoms with E-state index in [0.29, 0.717) is 4.88 Å². The summed E-state index contributed by atoms with van der Waals surface area (Å²) in [5.74, 6) is -0.0966. The molecule has 3 aromatic rings. The summed E-state index contributed by atoms with van der Waals surface area (Å²) in [7, 11) is 0. The highest BCUT2D eigenvalue weighted by Gasteiger charge is 2.11. The number of benzene rings is 1. The number of carbonyl (C=O) groups is 1. The lowest BCUT2D eigenvalue weighted by Gasteiger charge is -2.05. The van der Waals surface area contributed by atoms with Crippen molar-refractivity contribution in [3.05, 3.63) is 63.0 Å². The lowest BCUT2D eigenvalue weighted by molar-refractivity contribution is 0.103. The minimum Gasteiger partial charge on any atom is -0.321 e. The van der Waals surface area contributed by atoms with Crippen LogP contribution >= 0.6 is 27.3 Å². The average molecular weight is 362 g/mol. The summed E-state index contributed by atoms with van der Waals surface area (Å²) in [6, 6.07) is 11.3. The number of thiophene rings is 1. The van der Waals surface area contributed by atoms with Crippen LogP contribution in [-0.4, -0.2) is 15.7 Å². The Kier molecular flexibility index (Phi) is 3.90. The van der Waals surface area contributed by atoms with Gasteiger partial charge in [0.05, 0.1) is 14.4 Å². The zero-order chi connectivity index (χ0) is 14.8. The number of hydrogen-bond acceptors (Lipinski definition) is 3. The van der Waals surface area contributed by atoms with E-state index in [-0.39, 0.29) is 5.91 Å². The molecule has 0 atom stereocenters. The van der Waals surface area contributed by atoms with Crippen molar-refractivity contribution in [1.82, 2.24) is 9.78 Å². The van der Waals surface area contributed by atoms with Crippen LogP contribution < -0.4 is 5.32 Å². The van der Waals surface area contributed by atoms with E-state index in [9.17, 15) is 4.79 Å². The molecule has 4 nitrogen and oxygen atoms in total. The Bertz CT molecular complexity index is 743. The van der Waals surface area contributed by atoms with E-state index in [1.807, 2.05) is 49.5 Å². The number of hydrogen-bond donors (Lipinski definition) is 1. The summed E-state index contributed by atoms with van der Waals surface area (Å²) >= 11 is 4.86. The Balaban J connectivity index is 1.74. The van der Waals surface area contributed by atoms with Gasteiger partial charge in [0.25, 0.3) is 5.91 Å². The van der Waals surface area contributed by atoms with Gasteiger partial charge < -0.3 is 5.32 Å². The second-order valence-electron chi connectivity index (χ2n) is 4.52. The lowest BCUT2D eigenvalue weighted by atomic mass is 10.2. The van der Waals surface area contributed by atoms with Gasteiger partial charge in [-0.2, -0.15) is 5.10 Å². The number of nitrogens with zero attached hydrogens (tertiary/aromatic N) is 2. The van der Waals surface area contributed by atoms with Crippen molar-refractivity contribution in [3.63, 3.8) is 0 Å². The molecule has 0 saturated heterocycles. The van der Waals surface area contributed by atoms with Crippen LogP contribution in [-0.2, 0) is 0 Å². The molecule has 2 heterocycles. The molecular weight excluding hydrogens is 350 g/mol. The van der Waals surface area contributed by atoms with Crippen LogP contribution in [0.2, 0.25) is 0 Å². The third-order valence-corrected chi connectivity index (χ3v) is 5.11. The second kappa shape index (κ2) is 5.83. The molecule has 0 saturated carbocycles. The molecule has 0 fully saturated rings. The van der Waals surface area contributed by atoms with Crippen LogP contribution in [0.25, 0.3) is 5.69 Å². The van der Waals surface area contributed by atoms with Gasteiger partial charge in [0.2, 0.25) is 0 Å². The SMILES string of the molecule is Cc1cc(C(=O)Nc2ccc(-n3cccn3)cc2)sc1Br. The number of carbonyl (C=O) groups excluding carboxylic acids is 1. The van der Waals surface area contributed by atoms with Crippen molar-refractivity contribution < 1.29 is 4.79 Å². The van der Waals surface area contributed by atoms with Crippen LogP contribution in [0.3, 0.4) is 0 Å². The standard InChI is InChI=1S/C15H12BrN3OS/c1-10-9-13(21-14(10)16)15(20)18-11-3-5-12(6-4-11)19-8-2-7-17-19/h2-9H,1H3,(H,18,20). The Morgan fingerprint density at radius 3 is 2.67 bits per heavy atom. The van der Waals surface area contributed by atoms with Crippen molar-refractivity contribution in [2.75, 3.05) is 5.32 Å². The van der Waals surface area contributed by atoms with Gasteiger partial charge >= 0.3 is 0 Å². The molecule has 1 N–H and O–H groups in total. The van der Waals surface area contributed by atoms with Crippen molar-refractivity contribution >= 4 is 38.9 Å². The molecule has 0 unspecified atom stereocenters. The van der Waals surface area contributed by atoms with Gasteiger partial charge in [0.15, 0.2) is 0 Å². The van der Waals surface area contributed by atoms with Gasteiger partial charge in [-0.3, -0.25) is 4.79 Å². The molecule has 0 aliphatic carbocycles. The van der Waals surface area contributed by atoms with E-state index in [4.69, 9.17) is 0 Å². The van der Waals surface area contributed by atoms with Crippen LogP contribution in [0.1, 0.15) is 15.2 Å². The topological polar surface area (TPSA) is 46.9 Å². The highest BCUT2D eigenvalue weighted by molar-refractivity contribution is 9.11. The number of halogens is 1. The molecule has 0 aliphatic rings. The summed E-state index contributed by atoms with van der Waals surface area (Å²) in [5.41, 5.74) is 2.78. The number of nitrogens with one attached hydrogen (secondary N) is 1. The maximum Gasteiger partial charge on any atom is 0.265 e. The molecule has 6 heteroatoms. The zero-order valence-electron chi connectivity index (χ0n) is 11.2. The quantitative estimate of drug-likeness (QED) is 0.757. The first-order valence-electron chi connectivity index (χ1n) is 6.31. The van der Waals surface area contributed by atoms with Gasteiger partial charge in [-0.05, 0) is 64.8 Å². The van der Waals surface area contributed by atoms with Crippen LogP contribution in [0.15, 0.2) is 52.6 Å². The molecule has 106 valence electrons. The van der Waals surface area contributed by atoms with E-state index in [0.717, 1.165) is 20.7 Å². The molecule has 21 heavy (non-hydrogen) atoms. The molecule has 1 aromatic carbocycles. The van der Waals surface area contributed by atoms with Gasteiger partial charge in [-0.25, -0.2) is 4.68 Å². The number of aromatic nitrogens is 2.